The number of nitrogens with zero attached hydrogens (tertiary/aromatic N) is 2. The number of hydrogen-bond acceptors (Lipinski definition) is 4. The summed E-state index contributed by atoms with van der Waals surface area (Å²) in [4.78, 5) is 7.63. The number of benzene rings is 2. The molecule has 1 saturated heterocycles. The fourth-order valence-electron chi connectivity index (χ4n) is 5.20. The molecule has 0 radical (unpaired) electrons. The Bertz CT molecular complexity index is 973. The molecule has 2 aromatic carbocycles. The standard InChI is InChI=1S/C29H36N2O2/c1-23(32)29(12-13-29)21-31-16-14-28(15-17-31,22-33-19-24-8-4-2-5-9-24)20-30-27-18-26(27)25-10-6-3-7-11-25/h2-11,26,32H,1,12-22H2. The van der Waals surface area contributed by atoms with E-state index in [0.29, 0.717) is 18.3 Å². The average Bonchev–Trinajstić information content (AvgIpc) is 3.77. The van der Waals surface area contributed by atoms with Gasteiger partial charge >= 0.3 is 0 Å². The molecule has 3 aliphatic rings. The molecule has 4 heteroatoms. The lowest BCUT2D eigenvalue weighted by atomic mass is 9.78. The fraction of sp³-hybridized carbons (Fsp3) is 0.483. The van der Waals surface area contributed by atoms with Crippen LogP contribution < -0.4 is 0 Å². The largest absolute Gasteiger partial charge is 0.512 e. The highest BCUT2D eigenvalue weighted by Crippen LogP contribution is 2.51. The van der Waals surface area contributed by atoms with Crippen molar-refractivity contribution in [3.8, 4) is 0 Å². The van der Waals surface area contributed by atoms with E-state index in [-0.39, 0.29) is 10.8 Å². The summed E-state index contributed by atoms with van der Waals surface area (Å²) in [6, 6.07) is 21.2. The minimum absolute atomic E-state index is 0.0407. The smallest absolute Gasteiger partial charge is 0.0925 e. The Hall–Kier alpha value is -2.43. The van der Waals surface area contributed by atoms with Gasteiger partial charge < -0.3 is 14.7 Å². The van der Waals surface area contributed by atoms with Crippen molar-refractivity contribution in [3.63, 3.8) is 0 Å². The van der Waals surface area contributed by atoms with Gasteiger partial charge in [-0.3, -0.25) is 4.99 Å². The van der Waals surface area contributed by atoms with Crippen LogP contribution in [0.5, 0.6) is 0 Å². The highest BCUT2D eigenvalue weighted by molar-refractivity contribution is 6.05. The van der Waals surface area contributed by atoms with E-state index in [1.54, 1.807) is 0 Å². The maximum atomic E-state index is 10.0. The van der Waals surface area contributed by atoms with Gasteiger partial charge in [0.25, 0.3) is 0 Å². The zero-order chi connectivity index (χ0) is 22.7. The molecule has 0 spiro atoms. The Balaban J connectivity index is 1.21. The lowest BCUT2D eigenvalue weighted by molar-refractivity contribution is -0.00477. The van der Waals surface area contributed by atoms with E-state index >= 15 is 0 Å². The van der Waals surface area contributed by atoms with Gasteiger partial charge in [-0.25, -0.2) is 0 Å². The lowest BCUT2D eigenvalue weighted by Gasteiger charge is -2.42. The zero-order valence-corrected chi connectivity index (χ0v) is 19.6. The molecule has 4 nitrogen and oxygen atoms in total. The summed E-state index contributed by atoms with van der Waals surface area (Å²) in [7, 11) is 0. The summed E-state index contributed by atoms with van der Waals surface area (Å²) in [6.07, 6.45) is 5.40. The van der Waals surface area contributed by atoms with Crippen molar-refractivity contribution in [1.82, 2.24) is 4.90 Å². The zero-order valence-electron chi connectivity index (χ0n) is 19.6. The maximum Gasteiger partial charge on any atom is 0.0925 e. The summed E-state index contributed by atoms with van der Waals surface area (Å²) in [5.41, 5.74) is 4.01. The predicted molar refractivity (Wildman–Crippen MR) is 134 cm³/mol. The third kappa shape index (κ3) is 5.39. The molecular formula is C29H36N2O2. The van der Waals surface area contributed by atoms with Crippen molar-refractivity contribution in [2.24, 2.45) is 15.8 Å². The van der Waals surface area contributed by atoms with Crippen molar-refractivity contribution < 1.29 is 9.84 Å². The third-order valence-corrected chi connectivity index (χ3v) is 7.90. The molecule has 0 bridgehead atoms. The van der Waals surface area contributed by atoms with Crippen molar-refractivity contribution in [2.75, 3.05) is 32.8 Å². The second kappa shape index (κ2) is 9.44. The molecule has 5 rings (SSSR count). The summed E-state index contributed by atoms with van der Waals surface area (Å²) in [5.74, 6) is 0.886. The van der Waals surface area contributed by atoms with Gasteiger partial charge in [0.15, 0.2) is 0 Å². The van der Waals surface area contributed by atoms with Gasteiger partial charge in [-0.2, -0.15) is 0 Å². The van der Waals surface area contributed by atoms with E-state index in [9.17, 15) is 5.11 Å². The van der Waals surface area contributed by atoms with E-state index in [4.69, 9.17) is 9.73 Å². The molecular weight excluding hydrogens is 408 g/mol. The van der Waals surface area contributed by atoms with E-state index in [0.717, 1.165) is 64.9 Å². The normalized spacial score (nSPS) is 24.5. The first-order valence-electron chi connectivity index (χ1n) is 12.4. The highest BCUT2D eigenvalue weighted by atomic mass is 16.5. The molecule has 174 valence electrons. The number of aliphatic hydroxyl groups excluding tert-OH is 1. The Kier molecular flexibility index (Phi) is 6.40. The maximum absolute atomic E-state index is 10.0. The van der Waals surface area contributed by atoms with E-state index in [2.05, 4.69) is 66.1 Å². The monoisotopic (exact) mass is 444 g/mol. The van der Waals surface area contributed by atoms with Crippen molar-refractivity contribution >= 4 is 5.71 Å². The third-order valence-electron chi connectivity index (χ3n) is 7.90. The average molecular weight is 445 g/mol. The SMILES string of the molecule is C=C(O)C1(CN2CCC(CN=C3CC3c3ccccc3)(COCc3ccccc3)CC2)CC1. The van der Waals surface area contributed by atoms with Crippen LogP contribution in [0.3, 0.4) is 0 Å². The van der Waals surface area contributed by atoms with E-state index in [1.807, 2.05) is 6.07 Å². The van der Waals surface area contributed by atoms with Crippen LogP contribution in [0.15, 0.2) is 78.0 Å². The molecule has 2 saturated carbocycles. The van der Waals surface area contributed by atoms with Crippen LogP contribution in [0.4, 0.5) is 0 Å². The number of aliphatic hydroxyl groups is 1. The van der Waals surface area contributed by atoms with E-state index < -0.39 is 0 Å². The first kappa shape index (κ1) is 22.4. The Labute approximate surface area is 198 Å². The van der Waals surface area contributed by atoms with Gasteiger partial charge in [-0.05, 0) is 56.3 Å². The number of ether oxygens (including phenoxy) is 1. The topological polar surface area (TPSA) is 45.1 Å². The summed E-state index contributed by atoms with van der Waals surface area (Å²) in [6.45, 7) is 9.11. The lowest BCUT2D eigenvalue weighted by Crippen LogP contribution is -2.46. The number of rotatable bonds is 10. The Morgan fingerprint density at radius 2 is 1.67 bits per heavy atom. The molecule has 1 atom stereocenters. The van der Waals surface area contributed by atoms with Crippen LogP contribution in [-0.4, -0.2) is 48.5 Å². The van der Waals surface area contributed by atoms with Gasteiger partial charge in [0.1, 0.15) is 0 Å². The number of likely N-dealkylation sites (tertiary alicyclic amines) is 1. The molecule has 2 aliphatic carbocycles. The summed E-state index contributed by atoms with van der Waals surface area (Å²) < 4.78 is 6.27. The van der Waals surface area contributed by atoms with Gasteiger partial charge in [-0.1, -0.05) is 67.2 Å². The van der Waals surface area contributed by atoms with Crippen LogP contribution in [0.25, 0.3) is 0 Å². The van der Waals surface area contributed by atoms with Crippen LogP contribution in [0.2, 0.25) is 0 Å². The second-order valence-electron chi connectivity index (χ2n) is 10.5. The molecule has 0 amide bonds. The number of hydrogen-bond donors (Lipinski definition) is 1. The molecule has 3 fully saturated rings. The summed E-state index contributed by atoms with van der Waals surface area (Å²) in [5, 5.41) is 10.0. The van der Waals surface area contributed by atoms with Crippen LogP contribution >= 0.6 is 0 Å². The van der Waals surface area contributed by atoms with Gasteiger partial charge in [-0.15, -0.1) is 0 Å². The van der Waals surface area contributed by atoms with E-state index in [1.165, 1.54) is 16.8 Å². The van der Waals surface area contributed by atoms with Gasteiger partial charge in [0.05, 0.1) is 19.0 Å². The Morgan fingerprint density at radius 1 is 1.00 bits per heavy atom. The van der Waals surface area contributed by atoms with Gasteiger partial charge in [0.2, 0.25) is 0 Å². The number of aliphatic imine (C=N–C) groups is 1. The molecule has 1 N–H and O–H groups in total. The van der Waals surface area contributed by atoms with Crippen molar-refractivity contribution in [3.05, 3.63) is 84.1 Å². The molecule has 1 heterocycles. The van der Waals surface area contributed by atoms with Crippen molar-refractivity contribution in [1.29, 1.82) is 0 Å². The van der Waals surface area contributed by atoms with Crippen LogP contribution in [-0.2, 0) is 11.3 Å². The molecule has 33 heavy (non-hydrogen) atoms. The first-order chi connectivity index (χ1) is 16.1. The van der Waals surface area contributed by atoms with Gasteiger partial charge in [0, 0.05) is 35.5 Å². The quantitative estimate of drug-likeness (QED) is 0.474. The minimum atomic E-state index is -0.0407. The second-order valence-corrected chi connectivity index (χ2v) is 10.5. The highest BCUT2D eigenvalue weighted by Gasteiger charge is 2.48. The molecule has 0 aromatic heterocycles. The first-order valence-corrected chi connectivity index (χ1v) is 12.4. The van der Waals surface area contributed by atoms with Crippen LogP contribution in [0, 0.1) is 10.8 Å². The molecule has 2 aromatic rings. The molecule has 1 unspecified atom stereocenters. The van der Waals surface area contributed by atoms with Crippen LogP contribution in [0.1, 0.15) is 49.1 Å². The molecule has 1 aliphatic heterocycles. The fourth-order valence-corrected chi connectivity index (χ4v) is 5.20. The Morgan fingerprint density at radius 3 is 2.30 bits per heavy atom. The minimum Gasteiger partial charge on any atom is -0.512 e. The predicted octanol–water partition coefficient (Wildman–Crippen LogP) is 5.77. The van der Waals surface area contributed by atoms with Crippen molar-refractivity contribution in [2.45, 2.75) is 44.6 Å². The number of piperidine rings is 1. The summed E-state index contributed by atoms with van der Waals surface area (Å²) >= 11 is 0.